The van der Waals surface area contributed by atoms with Crippen molar-refractivity contribution in [2.75, 3.05) is 6.54 Å². The lowest BCUT2D eigenvalue weighted by Crippen LogP contribution is -2.50. The largest absolute Gasteiger partial charge is 0.461 e. The van der Waals surface area contributed by atoms with E-state index in [0.717, 1.165) is 32.1 Å². The van der Waals surface area contributed by atoms with E-state index in [1.807, 2.05) is 26.2 Å². The third-order valence-electron chi connectivity index (χ3n) is 10.3. The molecule has 1 aromatic rings. The average molecular weight is 520 g/mol. The van der Waals surface area contributed by atoms with E-state index >= 15 is 0 Å². The summed E-state index contributed by atoms with van der Waals surface area (Å²) < 4.78 is 5.93. The topological polar surface area (TPSA) is 80.3 Å². The summed E-state index contributed by atoms with van der Waals surface area (Å²) in [5.74, 6) is 1.54. The van der Waals surface area contributed by atoms with Crippen LogP contribution in [0.1, 0.15) is 85.1 Å². The fourth-order valence-corrected chi connectivity index (χ4v) is 8.18. The van der Waals surface area contributed by atoms with E-state index in [0.29, 0.717) is 17.8 Å². The van der Waals surface area contributed by atoms with Crippen LogP contribution in [0.25, 0.3) is 5.57 Å². The van der Waals surface area contributed by atoms with Crippen LogP contribution in [-0.2, 0) is 14.3 Å². The second kappa shape index (κ2) is 10.6. The quantitative estimate of drug-likeness (QED) is 0.370. The molecule has 4 aliphatic carbocycles. The molecule has 0 bridgehead atoms. The van der Waals surface area contributed by atoms with Gasteiger partial charge in [0.2, 0.25) is 5.91 Å². The minimum atomic E-state index is -0.644. The van der Waals surface area contributed by atoms with Gasteiger partial charge in [-0.05, 0) is 91.2 Å². The number of allylic oxidation sites excluding steroid dienone is 3. The molecule has 1 heterocycles. The van der Waals surface area contributed by atoms with E-state index < -0.39 is 6.04 Å². The Morgan fingerprint density at radius 1 is 1.08 bits per heavy atom. The molecule has 0 saturated heterocycles. The van der Waals surface area contributed by atoms with E-state index in [2.05, 4.69) is 53.7 Å². The van der Waals surface area contributed by atoms with Crippen LogP contribution in [-0.4, -0.2) is 41.6 Å². The van der Waals surface area contributed by atoms with Gasteiger partial charge in [0, 0.05) is 24.9 Å². The highest BCUT2D eigenvalue weighted by molar-refractivity contribution is 5.85. The first kappa shape index (κ1) is 27.1. The predicted octanol–water partition coefficient (Wildman–Crippen LogP) is 5.45. The molecule has 7 atom stereocenters. The Hall–Kier alpha value is -2.47. The number of fused-ring (bicyclic) bond motifs is 5. The van der Waals surface area contributed by atoms with Crippen molar-refractivity contribution in [1.82, 2.24) is 15.6 Å². The van der Waals surface area contributed by atoms with Crippen LogP contribution in [0.5, 0.6) is 0 Å². The molecule has 1 aromatic heterocycles. The number of hydrogen-bond acceptors (Lipinski definition) is 5. The van der Waals surface area contributed by atoms with E-state index in [1.54, 1.807) is 6.92 Å². The number of rotatable bonds is 7. The molecule has 206 valence electrons. The third kappa shape index (κ3) is 4.97. The second-order valence-electron chi connectivity index (χ2n) is 12.9. The highest BCUT2D eigenvalue weighted by Gasteiger charge is 2.57. The van der Waals surface area contributed by atoms with Crippen LogP contribution in [0.3, 0.4) is 0 Å². The number of nitrogens with one attached hydrogen (secondary N) is 2. The van der Waals surface area contributed by atoms with Crippen LogP contribution in [0, 0.1) is 28.6 Å². The Balaban J connectivity index is 1.22. The maximum Gasteiger partial charge on any atom is 0.328 e. The summed E-state index contributed by atoms with van der Waals surface area (Å²) in [5, 5.41) is 5.84. The Morgan fingerprint density at radius 3 is 2.61 bits per heavy atom. The van der Waals surface area contributed by atoms with Crippen molar-refractivity contribution in [1.29, 1.82) is 0 Å². The van der Waals surface area contributed by atoms with Crippen molar-refractivity contribution < 1.29 is 14.3 Å². The van der Waals surface area contributed by atoms with E-state index in [1.165, 1.54) is 29.6 Å². The van der Waals surface area contributed by atoms with Crippen molar-refractivity contribution in [2.45, 2.75) is 97.8 Å². The molecule has 5 rings (SSSR count). The Kier molecular flexibility index (Phi) is 7.56. The van der Waals surface area contributed by atoms with E-state index in [9.17, 15) is 9.59 Å². The SMILES string of the molecule is CC(C)NCC(=O)N[C@@H](C)C(=O)O[C@H]1CC[C@@]2(C)C(=CC[C@@H]3[C@@H]2CC[C@]2(C)C(c4cccnc4)=CC[C@@H]32)C1. The molecule has 6 heteroatoms. The first-order valence-corrected chi connectivity index (χ1v) is 14.7. The molecule has 38 heavy (non-hydrogen) atoms. The smallest absolute Gasteiger partial charge is 0.328 e. The summed E-state index contributed by atoms with van der Waals surface area (Å²) in [6.07, 6.45) is 16.3. The number of ether oxygens (including phenoxy) is 1. The highest BCUT2D eigenvalue weighted by Crippen LogP contribution is 2.66. The van der Waals surface area contributed by atoms with Gasteiger partial charge in [0.1, 0.15) is 12.1 Å². The van der Waals surface area contributed by atoms with Gasteiger partial charge in [0.05, 0.1) is 6.54 Å². The number of hydrogen-bond donors (Lipinski definition) is 2. The number of amides is 1. The highest BCUT2D eigenvalue weighted by atomic mass is 16.5. The second-order valence-corrected chi connectivity index (χ2v) is 12.9. The molecule has 0 unspecified atom stereocenters. The van der Waals surface area contributed by atoms with Crippen molar-refractivity contribution in [3.8, 4) is 0 Å². The van der Waals surface area contributed by atoms with Gasteiger partial charge in [-0.2, -0.15) is 0 Å². The third-order valence-corrected chi connectivity index (χ3v) is 10.3. The zero-order chi connectivity index (χ0) is 27.1. The predicted molar refractivity (Wildman–Crippen MR) is 150 cm³/mol. The van der Waals surface area contributed by atoms with E-state index in [4.69, 9.17) is 4.74 Å². The van der Waals surface area contributed by atoms with Crippen LogP contribution in [0.15, 0.2) is 42.3 Å². The zero-order valence-electron chi connectivity index (χ0n) is 23.8. The number of carbonyl (C=O) groups excluding carboxylic acids is 2. The standard InChI is InChI=1S/C32H45N3O3/c1-20(2)34-19-29(36)35-21(3)30(37)38-24-12-14-31(4)23(17-24)8-9-25-27-11-10-26(22-7-6-16-33-18-22)32(27,5)15-13-28(25)31/h6-8,10,16,18,20-21,24-25,27-28,34H,9,11-15,17,19H2,1-5H3,(H,35,36)/t21-,24-,25-,27-,28-,31-,32+/m0/s1. The number of carbonyl (C=O) groups is 2. The van der Waals surface area contributed by atoms with Crippen molar-refractivity contribution in [3.05, 3.63) is 47.8 Å². The molecular weight excluding hydrogens is 474 g/mol. The van der Waals surface area contributed by atoms with Gasteiger partial charge < -0.3 is 15.4 Å². The van der Waals surface area contributed by atoms with Gasteiger partial charge in [-0.25, -0.2) is 4.79 Å². The lowest BCUT2D eigenvalue weighted by molar-refractivity contribution is -0.154. The van der Waals surface area contributed by atoms with Crippen LogP contribution in [0.4, 0.5) is 0 Å². The molecule has 0 aromatic carbocycles. The molecule has 0 aliphatic heterocycles. The maximum atomic E-state index is 12.8. The van der Waals surface area contributed by atoms with Gasteiger partial charge in [0.15, 0.2) is 0 Å². The summed E-state index contributed by atoms with van der Waals surface area (Å²) in [6.45, 7) is 10.9. The minimum absolute atomic E-state index is 0.106. The molecule has 0 radical (unpaired) electrons. The normalized spacial score (nSPS) is 34.8. The lowest BCUT2D eigenvalue weighted by atomic mass is 9.47. The summed E-state index contributed by atoms with van der Waals surface area (Å²) >= 11 is 0. The van der Waals surface area contributed by atoms with Gasteiger partial charge in [-0.15, -0.1) is 0 Å². The van der Waals surface area contributed by atoms with Gasteiger partial charge >= 0.3 is 5.97 Å². The Labute approximate surface area is 228 Å². The van der Waals surface area contributed by atoms with E-state index in [-0.39, 0.29) is 41.4 Å². The Morgan fingerprint density at radius 2 is 1.87 bits per heavy atom. The fraction of sp³-hybridized carbons (Fsp3) is 0.656. The first-order valence-electron chi connectivity index (χ1n) is 14.7. The zero-order valence-corrected chi connectivity index (χ0v) is 23.8. The lowest BCUT2D eigenvalue weighted by Gasteiger charge is -2.57. The summed E-state index contributed by atoms with van der Waals surface area (Å²) in [6, 6.07) is 3.85. The van der Waals surface area contributed by atoms with Crippen LogP contribution in [0.2, 0.25) is 0 Å². The average Bonchev–Trinajstić information content (AvgIpc) is 3.25. The Bertz CT molecular complexity index is 1110. The molecule has 2 N–H and O–H groups in total. The van der Waals surface area contributed by atoms with Crippen LogP contribution < -0.4 is 10.6 Å². The molecule has 2 fully saturated rings. The monoisotopic (exact) mass is 519 g/mol. The van der Waals surface area contributed by atoms with Crippen molar-refractivity contribution in [2.24, 2.45) is 28.6 Å². The first-order chi connectivity index (χ1) is 18.1. The summed E-state index contributed by atoms with van der Waals surface area (Å²) in [5.41, 5.74) is 4.70. The van der Waals surface area contributed by atoms with Crippen molar-refractivity contribution >= 4 is 17.4 Å². The molecular formula is C32H45N3O3. The molecule has 4 aliphatic rings. The molecule has 1 amide bonds. The molecule has 0 spiro atoms. The van der Waals surface area contributed by atoms with Crippen LogP contribution >= 0.6 is 0 Å². The molecule has 2 saturated carbocycles. The summed E-state index contributed by atoms with van der Waals surface area (Å²) in [4.78, 5) is 29.3. The summed E-state index contributed by atoms with van der Waals surface area (Å²) in [7, 11) is 0. The van der Waals surface area contributed by atoms with Gasteiger partial charge in [0.25, 0.3) is 0 Å². The maximum absolute atomic E-state index is 12.8. The van der Waals surface area contributed by atoms with Crippen molar-refractivity contribution in [3.63, 3.8) is 0 Å². The molecule has 6 nitrogen and oxygen atoms in total. The minimum Gasteiger partial charge on any atom is -0.461 e. The van der Waals surface area contributed by atoms with Gasteiger partial charge in [-0.3, -0.25) is 9.78 Å². The number of pyridine rings is 1. The number of esters is 1. The van der Waals surface area contributed by atoms with Gasteiger partial charge in [-0.1, -0.05) is 51.5 Å². The number of aromatic nitrogens is 1. The number of nitrogens with zero attached hydrogens (tertiary/aromatic N) is 1. The fourth-order valence-electron chi connectivity index (χ4n) is 8.18.